The van der Waals surface area contributed by atoms with Crippen LogP contribution < -0.4 is 29.6 Å². The van der Waals surface area contributed by atoms with Crippen molar-refractivity contribution in [3.63, 3.8) is 0 Å². The van der Waals surface area contributed by atoms with Gasteiger partial charge in [0.05, 0.1) is 10.0 Å². The summed E-state index contributed by atoms with van der Waals surface area (Å²) in [4.78, 5) is 0. The molecule has 0 atom stereocenters. The number of benzene rings is 1. The van der Waals surface area contributed by atoms with Gasteiger partial charge in [0.15, 0.2) is 5.75 Å². The van der Waals surface area contributed by atoms with Gasteiger partial charge in [0.25, 0.3) is 0 Å². The number of hydrogen-bond donors (Lipinski definition) is 0. The molecular weight excluding hydrogens is 373 g/mol. The smallest absolute Gasteiger partial charge is 1.00 e. The van der Waals surface area contributed by atoms with Crippen LogP contribution >= 0.6 is 34.8 Å². The van der Waals surface area contributed by atoms with E-state index in [1.807, 2.05) is 18.2 Å². The largest absolute Gasteiger partial charge is 2.00 e. The van der Waals surface area contributed by atoms with Crippen LogP contribution in [0.2, 0.25) is 15.1 Å². The minimum absolute atomic E-state index is 0. The number of rotatable bonds is 2. The van der Waals surface area contributed by atoms with Crippen LogP contribution in [0.5, 0.6) is 5.75 Å². The van der Waals surface area contributed by atoms with E-state index in [9.17, 15) is 0 Å². The van der Waals surface area contributed by atoms with Crippen LogP contribution in [-0.4, -0.2) is 0 Å². The van der Waals surface area contributed by atoms with Crippen LogP contribution in [0.3, 0.4) is 0 Å². The Morgan fingerprint density at radius 2 is 1.56 bits per heavy atom. The van der Waals surface area contributed by atoms with Gasteiger partial charge in [-0.05, 0) is 18.2 Å². The van der Waals surface area contributed by atoms with E-state index in [2.05, 4.69) is 0 Å². The van der Waals surface area contributed by atoms with Crippen molar-refractivity contribution in [1.82, 2.24) is 0 Å². The predicted molar refractivity (Wildman–Crippen MR) is 63.9 cm³/mol. The van der Waals surface area contributed by atoms with E-state index in [-0.39, 0.29) is 46.5 Å². The minimum Gasteiger partial charge on any atom is -1.00 e. The van der Waals surface area contributed by atoms with Crippen LogP contribution in [0, 0.1) is 0 Å². The number of allylic oxidation sites excluding steroid dienone is 3. The van der Waals surface area contributed by atoms with Crippen molar-refractivity contribution >= 4 is 34.8 Å². The zero-order valence-corrected chi connectivity index (χ0v) is 14.2. The molecule has 0 fully saturated rings. The number of ether oxygens (including phenoxy) is 1. The van der Waals surface area contributed by atoms with E-state index in [1.54, 1.807) is 12.1 Å². The molecule has 0 aliphatic heterocycles. The molecule has 1 aromatic rings. The third-order valence-corrected chi connectivity index (χ3v) is 2.71. The normalized spacial score (nSPS) is 11.8. The molecule has 0 spiro atoms. The van der Waals surface area contributed by atoms with E-state index in [4.69, 9.17) is 39.5 Å². The molecule has 18 heavy (non-hydrogen) atoms. The summed E-state index contributed by atoms with van der Waals surface area (Å²) in [5.74, 6) is 1.28. The Morgan fingerprint density at radius 3 is 2.00 bits per heavy atom. The maximum absolute atomic E-state index is 5.97. The molecule has 2 rings (SSSR count). The van der Waals surface area contributed by atoms with Crippen molar-refractivity contribution in [3.05, 3.63) is 51.2 Å². The van der Waals surface area contributed by atoms with Gasteiger partial charge >= 0.3 is 21.7 Å². The van der Waals surface area contributed by atoms with Crippen LogP contribution in [0.25, 0.3) is 0 Å². The van der Waals surface area contributed by atoms with Crippen LogP contribution in [0.1, 0.15) is 6.42 Å². The topological polar surface area (TPSA) is 9.23 Å². The first kappa shape index (κ1) is 21.0. The quantitative estimate of drug-likeness (QED) is 0.591. The maximum Gasteiger partial charge on any atom is 2.00 e. The van der Waals surface area contributed by atoms with E-state index < -0.39 is 0 Å². The SMILES string of the molecule is Clc1cc(Cl)c(OC2=CC=CC2)c(Cl)c1.[Cl-].[Cl-].[Ti+2]. The molecule has 1 aliphatic rings. The summed E-state index contributed by atoms with van der Waals surface area (Å²) in [5, 5.41) is 1.33. The van der Waals surface area contributed by atoms with Gasteiger partial charge in [0, 0.05) is 11.4 Å². The van der Waals surface area contributed by atoms with Crippen molar-refractivity contribution in [3.8, 4) is 5.75 Å². The Kier molecular flexibility index (Phi) is 11.1. The fourth-order valence-electron chi connectivity index (χ4n) is 1.26. The summed E-state index contributed by atoms with van der Waals surface area (Å²) in [6.45, 7) is 0. The summed E-state index contributed by atoms with van der Waals surface area (Å²) in [7, 11) is 0. The second-order valence-electron chi connectivity index (χ2n) is 3.07. The molecule has 0 heterocycles. The average Bonchev–Trinajstić information content (AvgIpc) is 2.63. The molecule has 1 aliphatic carbocycles. The Hall–Kier alpha value is 0.664. The zero-order valence-electron chi connectivity index (χ0n) is 8.89. The minimum atomic E-state index is 0. The van der Waals surface area contributed by atoms with E-state index >= 15 is 0 Å². The van der Waals surface area contributed by atoms with Gasteiger partial charge in [-0.1, -0.05) is 47.0 Å². The van der Waals surface area contributed by atoms with Gasteiger partial charge in [0.2, 0.25) is 0 Å². The third kappa shape index (κ3) is 5.34. The second kappa shape index (κ2) is 9.55. The van der Waals surface area contributed by atoms with Crippen LogP contribution in [0.4, 0.5) is 0 Å². The molecule has 0 radical (unpaired) electrons. The molecular formula is C11H7Cl5OTi. The molecule has 1 aromatic carbocycles. The van der Waals surface area contributed by atoms with E-state index in [1.165, 1.54) is 0 Å². The van der Waals surface area contributed by atoms with Gasteiger partial charge in [-0.2, -0.15) is 0 Å². The fraction of sp³-hybridized carbons (Fsp3) is 0.0909. The summed E-state index contributed by atoms with van der Waals surface area (Å²) in [6, 6.07) is 3.21. The monoisotopic (exact) mass is 378 g/mol. The Labute approximate surface area is 148 Å². The van der Waals surface area contributed by atoms with Gasteiger partial charge < -0.3 is 29.6 Å². The first-order valence-electron chi connectivity index (χ1n) is 4.35. The molecule has 0 saturated heterocycles. The fourth-order valence-corrected chi connectivity index (χ4v) is 2.15. The molecule has 0 bridgehead atoms. The first-order chi connectivity index (χ1) is 7.16. The van der Waals surface area contributed by atoms with E-state index in [0.717, 1.165) is 12.2 Å². The van der Waals surface area contributed by atoms with Gasteiger partial charge in [-0.15, -0.1) is 0 Å². The summed E-state index contributed by atoms with van der Waals surface area (Å²) in [6.07, 6.45) is 6.55. The number of hydrogen-bond acceptors (Lipinski definition) is 1. The molecule has 0 amide bonds. The summed E-state index contributed by atoms with van der Waals surface area (Å²) < 4.78 is 5.57. The van der Waals surface area contributed by atoms with Crippen LogP contribution in [0.15, 0.2) is 36.1 Å². The Bertz CT molecular complexity index is 436. The van der Waals surface area contributed by atoms with Crippen molar-refractivity contribution in [2.24, 2.45) is 0 Å². The van der Waals surface area contributed by atoms with Gasteiger partial charge in [-0.3, -0.25) is 0 Å². The van der Waals surface area contributed by atoms with Crippen molar-refractivity contribution in [1.29, 1.82) is 0 Å². The first-order valence-corrected chi connectivity index (χ1v) is 5.48. The third-order valence-electron chi connectivity index (χ3n) is 1.93. The van der Waals surface area contributed by atoms with Crippen molar-refractivity contribution < 1.29 is 51.3 Å². The predicted octanol–water partition coefficient (Wildman–Crippen LogP) is -1.13. The average molecular weight is 380 g/mol. The van der Waals surface area contributed by atoms with Gasteiger partial charge in [0.1, 0.15) is 5.76 Å². The molecule has 0 N–H and O–H groups in total. The van der Waals surface area contributed by atoms with Crippen molar-refractivity contribution in [2.45, 2.75) is 6.42 Å². The molecule has 0 unspecified atom stereocenters. The molecule has 7 heteroatoms. The molecule has 1 nitrogen and oxygen atoms in total. The Balaban J connectivity index is 0. The molecule has 0 saturated carbocycles. The Morgan fingerprint density at radius 1 is 1.00 bits per heavy atom. The summed E-state index contributed by atoms with van der Waals surface area (Å²) >= 11 is 17.7. The number of halogens is 5. The maximum atomic E-state index is 5.97. The second-order valence-corrected chi connectivity index (χ2v) is 4.32. The molecule has 0 aromatic heterocycles. The van der Waals surface area contributed by atoms with Crippen molar-refractivity contribution in [2.75, 3.05) is 0 Å². The van der Waals surface area contributed by atoms with E-state index in [0.29, 0.717) is 20.8 Å². The van der Waals surface area contributed by atoms with Gasteiger partial charge in [-0.25, -0.2) is 0 Å². The van der Waals surface area contributed by atoms with Crippen LogP contribution in [-0.2, 0) is 21.7 Å². The molecule has 96 valence electrons. The summed E-state index contributed by atoms with van der Waals surface area (Å²) in [5.41, 5.74) is 0. The zero-order chi connectivity index (χ0) is 10.8. The standard InChI is InChI=1S/C11H7Cl3O.2ClH.Ti/c12-7-5-9(13)11(10(14)6-7)15-8-3-1-2-4-8;;;/h1-3,5-6H,4H2;2*1H;/q;;;+2/p-2.